The van der Waals surface area contributed by atoms with Crippen LogP contribution in [0.2, 0.25) is 0 Å². The van der Waals surface area contributed by atoms with Gasteiger partial charge in [-0.2, -0.15) is 0 Å². The van der Waals surface area contributed by atoms with E-state index >= 15 is 0 Å². The molecular formula is C5H14N2. The lowest BCUT2D eigenvalue weighted by Crippen LogP contribution is -2.37. The standard InChI is InChI=1S/C4H10N2.CH4/c1-2-4-6-5-3-1;/h5-6H,1-4H2;1H4. The Hall–Kier alpha value is -0.0800. The van der Waals surface area contributed by atoms with Crippen molar-refractivity contribution in [3.05, 3.63) is 0 Å². The fourth-order valence-corrected chi connectivity index (χ4v) is 0.604. The highest BCUT2D eigenvalue weighted by Crippen LogP contribution is 1.85. The predicted molar refractivity (Wildman–Crippen MR) is 32.0 cm³/mol. The van der Waals surface area contributed by atoms with Gasteiger partial charge in [-0.3, -0.25) is 10.9 Å². The number of rotatable bonds is 0. The van der Waals surface area contributed by atoms with Gasteiger partial charge < -0.3 is 0 Å². The summed E-state index contributed by atoms with van der Waals surface area (Å²) in [5.41, 5.74) is 6.07. The quantitative estimate of drug-likeness (QED) is 0.465. The van der Waals surface area contributed by atoms with E-state index in [1.54, 1.807) is 0 Å². The average molecular weight is 102 g/mol. The van der Waals surface area contributed by atoms with Gasteiger partial charge in [0.1, 0.15) is 0 Å². The molecule has 0 atom stereocenters. The molecule has 0 radical (unpaired) electrons. The number of nitrogens with one attached hydrogen (secondary N) is 2. The first kappa shape index (κ1) is 6.92. The first-order valence-corrected chi connectivity index (χ1v) is 2.46. The fourth-order valence-electron chi connectivity index (χ4n) is 0.604. The zero-order chi connectivity index (χ0) is 4.24. The average Bonchev–Trinajstić information content (AvgIpc) is 1.72. The van der Waals surface area contributed by atoms with Gasteiger partial charge in [-0.05, 0) is 12.8 Å². The molecule has 0 unspecified atom stereocenters. The van der Waals surface area contributed by atoms with E-state index in [1.807, 2.05) is 0 Å². The highest BCUT2D eigenvalue weighted by atomic mass is 15.4. The molecule has 2 N–H and O–H groups in total. The largest absolute Gasteiger partial charge is 0.258 e. The van der Waals surface area contributed by atoms with Gasteiger partial charge in [0.2, 0.25) is 0 Å². The molecule has 7 heavy (non-hydrogen) atoms. The normalized spacial score (nSPS) is 20.6. The van der Waals surface area contributed by atoms with Crippen LogP contribution in [0.4, 0.5) is 0 Å². The van der Waals surface area contributed by atoms with Crippen LogP contribution in [0.3, 0.4) is 0 Å². The van der Waals surface area contributed by atoms with Gasteiger partial charge in [-0.25, -0.2) is 0 Å². The van der Waals surface area contributed by atoms with E-state index in [0.717, 1.165) is 13.1 Å². The van der Waals surface area contributed by atoms with E-state index in [-0.39, 0.29) is 7.43 Å². The van der Waals surface area contributed by atoms with Crippen LogP contribution in [0, 0.1) is 0 Å². The van der Waals surface area contributed by atoms with Gasteiger partial charge in [0.25, 0.3) is 0 Å². The molecule has 0 aliphatic carbocycles. The predicted octanol–water partition coefficient (Wildman–Crippen LogP) is 0.511. The van der Waals surface area contributed by atoms with Crippen molar-refractivity contribution in [2.24, 2.45) is 0 Å². The summed E-state index contributed by atoms with van der Waals surface area (Å²) in [6, 6.07) is 0. The van der Waals surface area contributed by atoms with Gasteiger partial charge in [0, 0.05) is 13.1 Å². The third kappa shape index (κ3) is 2.60. The molecule has 2 nitrogen and oxygen atoms in total. The lowest BCUT2D eigenvalue weighted by atomic mass is 10.3. The maximum Gasteiger partial charge on any atom is 0.0100 e. The molecule has 0 saturated carbocycles. The molecule has 1 aliphatic rings. The minimum Gasteiger partial charge on any atom is -0.258 e. The number of hydrazine groups is 1. The van der Waals surface area contributed by atoms with Crippen LogP contribution in [-0.4, -0.2) is 13.1 Å². The van der Waals surface area contributed by atoms with Gasteiger partial charge in [0.05, 0.1) is 0 Å². The minimum absolute atomic E-state index is 0. The van der Waals surface area contributed by atoms with E-state index < -0.39 is 0 Å². The molecule has 0 aromatic heterocycles. The minimum atomic E-state index is 0. The molecular weight excluding hydrogens is 88.1 g/mol. The summed E-state index contributed by atoms with van der Waals surface area (Å²) in [6.07, 6.45) is 2.65. The molecule has 1 aliphatic heterocycles. The SMILES string of the molecule is C.C1CCNNC1. The van der Waals surface area contributed by atoms with Crippen molar-refractivity contribution in [2.45, 2.75) is 20.3 Å². The van der Waals surface area contributed by atoms with Crippen LogP contribution in [-0.2, 0) is 0 Å². The molecule has 44 valence electrons. The van der Waals surface area contributed by atoms with Crippen molar-refractivity contribution >= 4 is 0 Å². The maximum absolute atomic E-state index is 3.03. The molecule has 1 heterocycles. The summed E-state index contributed by atoms with van der Waals surface area (Å²) in [4.78, 5) is 0. The van der Waals surface area contributed by atoms with E-state index in [0.29, 0.717) is 0 Å². The monoisotopic (exact) mass is 102 g/mol. The summed E-state index contributed by atoms with van der Waals surface area (Å²) in [5.74, 6) is 0. The first-order valence-electron chi connectivity index (χ1n) is 2.46. The summed E-state index contributed by atoms with van der Waals surface area (Å²) >= 11 is 0. The lowest BCUT2D eigenvalue weighted by Gasteiger charge is -2.10. The molecule has 0 aromatic rings. The van der Waals surface area contributed by atoms with Crippen molar-refractivity contribution in [3.63, 3.8) is 0 Å². The first-order chi connectivity index (χ1) is 3.00. The Labute approximate surface area is 45.3 Å². The third-order valence-electron chi connectivity index (χ3n) is 0.979. The van der Waals surface area contributed by atoms with Crippen LogP contribution in [0.5, 0.6) is 0 Å². The Balaban J connectivity index is 0.000000360. The summed E-state index contributed by atoms with van der Waals surface area (Å²) in [7, 11) is 0. The van der Waals surface area contributed by atoms with Crippen molar-refractivity contribution in [3.8, 4) is 0 Å². The summed E-state index contributed by atoms with van der Waals surface area (Å²) in [5, 5.41) is 0. The third-order valence-corrected chi connectivity index (χ3v) is 0.979. The Bertz CT molecular complexity index is 21.6. The van der Waals surface area contributed by atoms with E-state index in [2.05, 4.69) is 10.9 Å². The molecule has 1 rings (SSSR count). The number of hydrogen-bond acceptors (Lipinski definition) is 2. The highest BCUT2D eigenvalue weighted by molar-refractivity contribution is 4.51. The summed E-state index contributed by atoms with van der Waals surface area (Å²) < 4.78 is 0. The Kier molecular flexibility index (Phi) is 4.04. The second-order valence-corrected chi connectivity index (χ2v) is 1.56. The fraction of sp³-hybridized carbons (Fsp3) is 1.00. The molecule has 1 fully saturated rings. The van der Waals surface area contributed by atoms with Crippen molar-refractivity contribution < 1.29 is 0 Å². The molecule has 0 bridgehead atoms. The second-order valence-electron chi connectivity index (χ2n) is 1.56. The molecule has 0 amide bonds. The van der Waals surface area contributed by atoms with Gasteiger partial charge in [-0.15, -0.1) is 0 Å². The van der Waals surface area contributed by atoms with Crippen LogP contribution >= 0.6 is 0 Å². The van der Waals surface area contributed by atoms with Crippen LogP contribution in [0.1, 0.15) is 20.3 Å². The van der Waals surface area contributed by atoms with E-state index in [1.165, 1.54) is 12.8 Å². The molecule has 1 saturated heterocycles. The number of hydrogen-bond donors (Lipinski definition) is 2. The van der Waals surface area contributed by atoms with Crippen LogP contribution in [0.25, 0.3) is 0 Å². The van der Waals surface area contributed by atoms with Crippen molar-refractivity contribution in [2.75, 3.05) is 13.1 Å². The molecule has 2 heteroatoms. The maximum atomic E-state index is 3.03. The van der Waals surface area contributed by atoms with Gasteiger partial charge >= 0.3 is 0 Å². The topological polar surface area (TPSA) is 24.1 Å². The van der Waals surface area contributed by atoms with Crippen LogP contribution in [0.15, 0.2) is 0 Å². The Morgan fingerprint density at radius 3 is 1.43 bits per heavy atom. The highest BCUT2D eigenvalue weighted by Gasteiger charge is 1.92. The summed E-state index contributed by atoms with van der Waals surface area (Å²) in [6.45, 7) is 2.28. The smallest absolute Gasteiger partial charge is 0.0100 e. The van der Waals surface area contributed by atoms with E-state index in [4.69, 9.17) is 0 Å². The zero-order valence-electron chi connectivity index (χ0n) is 3.83. The molecule has 0 spiro atoms. The van der Waals surface area contributed by atoms with Crippen molar-refractivity contribution in [1.29, 1.82) is 0 Å². The lowest BCUT2D eigenvalue weighted by molar-refractivity contribution is 0.443. The van der Waals surface area contributed by atoms with Gasteiger partial charge in [-0.1, -0.05) is 7.43 Å². The Morgan fingerprint density at radius 1 is 0.857 bits per heavy atom. The second kappa shape index (κ2) is 4.09. The van der Waals surface area contributed by atoms with Crippen molar-refractivity contribution in [1.82, 2.24) is 10.9 Å². The van der Waals surface area contributed by atoms with Gasteiger partial charge in [0.15, 0.2) is 0 Å². The molecule has 0 aromatic carbocycles. The zero-order valence-corrected chi connectivity index (χ0v) is 3.83. The van der Waals surface area contributed by atoms with E-state index in [9.17, 15) is 0 Å². The Morgan fingerprint density at radius 2 is 1.29 bits per heavy atom. The van der Waals surface area contributed by atoms with Crippen LogP contribution < -0.4 is 10.9 Å².